The molecule has 358 valence electrons. The largest absolute Gasteiger partial charge is 0.480 e. The van der Waals surface area contributed by atoms with Crippen molar-refractivity contribution in [3.63, 3.8) is 0 Å². The minimum absolute atomic E-state index is 0.0393. The second kappa shape index (κ2) is 32.7. The number of carbonyl (C=O) groups is 7. The Balaban J connectivity index is 2.36. The number of primary amides is 1. The van der Waals surface area contributed by atoms with Crippen LogP contribution in [0.25, 0.3) is 0 Å². The van der Waals surface area contributed by atoms with E-state index in [2.05, 4.69) is 33.5 Å². The topological polar surface area (TPSA) is 305 Å². The van der Waals surface area contributed by atoms with Crippen LogP contribution in [0, 0.1) is 0 Å². The van der Waals surface area contributed by atoms with E-state index in [1.54, 1.807) is 0 Å². The van der Waals surface area contributed by atoms with Gasteiger partial charge in [-0.05, 0) is 46.0 Å². The van der Waals surface area contributed by atoms with Gasteiger partial charge in [-0.2, -0.15) is 0 Å². The van der Waals surface area contributed by atoms with Gasteiger partial charge in [0.05, 0.1) is 6.61 Å². The van der Waals surface area contributed by atoms with Gasteiger partial charge in [0.15, 0.2) is 6.29 Å². The number of nitrogens with one attached hydrogen (secondary N) is 5. The average molecular weight is 887 g/mol. The van der Waals surface area contributed by atoms with Crippen molar-refractivity contribution in [2.24, 2.45) is 5.73 Å². The lowest BCUT2D eigenvalue weighted by Crippen LogP contribution is -2.65. The van der Waals surface area contributed by atoms with E-state index >= 15 is 0 Å². The molecule has 0 spiro atoms. The first-order chi connectivity index (χ1) is 29.5. The van der Waals surface area contributed by atoms with E-state index in [9.17, 15) is 54.0 Å². The predicted molar refractivity (Wildman–Crippen MR) is 230 cm³/mol. The molecule has 62 heavy (non-hydrogen) atoms. The van der Waals surface area contributed by atoms with Crippen molar-refractivity contribution < 1.29 is 63.5 Å². The molecule has 0 aliphatic carbocycles. The van der Waals surface area contributed by atoms with Crippen LogP contribution in [0.3, 0.4) is 0 Å². The molecule has 1 fully saturated rings. The normalized spacial score (nSPS) is 20.5. The smallest absolute Gasteiger partial charge is 0.326 e. The standard InChI is InChI=1S/C43H78N6O13/c1-5-6-7-8-9-10-11-12-13-14-15-16-17-18-19-23-34(52)45-26-21-20-22-32(42(58)59)48-35(53)25-24-31(39(44)55)49-40(56)28(2)46-41(57)29(3)61-38-36(47-30(4)51)43(60)62-33(27-50)37(38)54/h28-29,31-33,36-38,43,50,54,60H,5-27H2,1-4H3,(H2,44,55)(H,45,52)(H,46,57)(H,47,51)(H,48,53)(H,49,56)(H,58,59)/t28-,29+,31+,32+,33+,36+,37+,38+,43+/m0/s1. The molecule has 0 aromatic rings. The van der Waals surface area contributed by atoms with Crippen LogP contribution in [0.2, 0.25) is 0 Å². The lowest BCUT2D eigenvalue weighted by atomic mass is 9.96. The number of aliphatic carboxylic acids is 1. The highest BCUT2D eigenvalue weighted by molar-refractivity contribution is 5.92. The van der Waals surface area contributed by atoms with E-state index in [-0.39, 0.29) is 25.2 Å². The number of carboxylic acids is 1. The van der Waals surface area contributed by atoms with E-state index < -0.39 is 97.0 Å². The predicted octanol–water partition coefficient (Wildman–Crippen LogP) is 1.71. The van der Waals surface area contributed by atoms with Crippen molar-refractivity contribution >= 4 is 41.4 Å². The van der Waals surface area contributed by atoms with Crippen molar-refractivity contribution in [2.45, 2.75) is 217 Å². The number of ether oxygens (including phenoxy) is 2. The van der Waals surface area contributed by atoms with E-state index in [0.29, 0.717) is 25.8 Å². The Morgan fingerprint density at radius 1 is 0.694 bits per heavy atom. The van der Waals surface area contributed by atoms with Crippen LogP contribution >= 0.6 is 0 Å². The quantitative estimate of drug-likeness (QED) is 0.0406. The molecule has 1 rings (SSSR count). The fraction of sp³-hybridized carbons (Fsp3) is 0.837. The maximum atomic E-state index is 12.9. The molecule has 1 aliphatic heterocycles. The van der Waals surface area contributed by atoms with Crippen molar-refractivity contribution in [2.75, 3.05) is 13.2 Å². The Hall–Kier alpha value is -3.91. The summed E-state index contributed by atoms with van der Waals surface area (Å²) in [7, 11) is 0. The second-order valence-electron chi connectivity index (χ2n) is 16.4. The van der Waals surface area contributed by atoms with Crippen LogP contribution in [0.5, 0.6) is 0 Å². The van der Waals surface area contributed by atoms with E-state index in [0.717, 1.165) is 26.2 Å². The minimum Gasteiger partial charge on any atom is -0.480 e. The number of rotatable bonds is 35. The van der Waals surface area contributed by atoms with Gasteiger partial charge in [-0.15, -0.1) is 0 Å². The molecular formula is C43H78N6O13. The Morgan fingerprint density at radius 3 is 1.77 bits per heavy atom. The fourth-order valence-electron chi connectivity index (χ4n) is 7.16. The Bertz CT molecular complexity index is 1360. The maximum absolute atomic E-state index is 12.9. The molecule has 6 amide bonds. The molecule has 1 heterocycles. The first-order valence-corrected chi connectivity index (χ1v) is 22.8. The number of nitrogens with two attached hydrogens (primary N) is 1. The third-order valence-corrected chi connectivity index (χ3v) is 10.9. The molecule has 1 aliphatic rings. The van der Waals surface area contributed by atoms with Gasteiger partial charge >= 0.3 is 5.97 Å². The third-order valence-electron chi connectivity index (χ3n) is 10.9. The fourth-order valence-corrected chi connectivity index (χ4v) is 7.16. The summed E-state index contributed by atoms with van der Waals surface area (Å²) in [6.07, 6.45) is 12.3. The number of hydrogen-bond donors (Lipinski definition) is 10. The molecule has 0 radical (unpaired) electrons. The minimum atomic E-state index is -1.68. The SMILES string of the molecule is CCCCCCCCCCCCCCCCCC(=O)NCCCC[C@@H](NC(=O)CC[C@@H](NC(=O)[C@H](C)NC(=O)[C@@H](C)O[C@H]1[C@H](O)[C@@H](CO)O[C@@H](O)[C@@H]1NC(C)=O)C(N)=O)C(=O)O. The summed E-state index contributed by atoms with van der Waals surface area (Å²) >= 11 is 0. The summed E-state index contributed by atoms with van der Waals surface area (Å²) in [5.41, 5.74) is 5.45. The Morgan fingerprint density at radius 2 is 1.26 bits per heavy atom. The van der Waals surface area contributed by atoms with Crippen LogP contribution in [0.15, 0.2) is 0 Å². The summed E-state index contributed by atoms with van der Waals surface area (Å²) in [5.74, 6) is -5.26. The summed E-state index contributed by atoms with van der Waals surface area (Å²) in [4.78, 5) is 86.4. The molecule has 11 N–H and O–H groups in total. The third kappa shape index (κ3) is 24.1. The molecule has 0 aromatic carbocycles. The molecule has 9 atom stereocenters. The number of aliphatic hydroxyl groups is 3. The van der Waals surface area contributed by atoms with E-state index in [1.807, 2.05) is 0 Å². The van der Waals surface area contributed by atoms with Crippen LogP contribution in [-0.2, 0) is 43.0 Å². The summed E-state index contributed by atoms with van der Waals surface area (Å²) < 4.78 is 10.8. The lowest BCUT2D eigenvalue weighted by Gasteiger charge is -2.43. The molecule has 0 saturated carbocycles. The Kier molecular flexibility index (Phi) is 29.6. The molecule has 0 bridgehead atoms. The van der Waals surface area contributed by atoms with Crippen molar-refractivity contribution in [1.29, 1.82) is 0 Å². The number of hydrogen-bond acceptors (Lipinski definition) is 12. The average Bonchev–Trinajstić information content (AvgIpc) is 3.22. The van der Waals surface area contributed by atoms with Gasteiger partial charge in [0.25, 0.3) is 0 Å². The number of aliphatic hydroxyl groups excluding tert-OH is 3. The van der Waals surface area contributed by atoms with Gasteiger partial charge in [-0.25, -0.2) is 4.79 Å². The molecule has 19 nitrogen and oxygen atoms in total. The number of carbonyl (C=O) groups excluding carboxylic acids is 6. The van der Waals surface area contributed by atoms with Gasteiger partial charge in [0.1, 0.15) is 48.6 Å². The lowest BCUT2D eigenvalue weighted by molar-refractivity contribution is -0.266. The summed E-state index contributed by atoms with van der Waals surface area (Å²) in [5, 5.41) is 52.5. The summed E-state index contributed by atoms with van der Waals surface area (Å²) in [6.45, 7) is 5.65. The second-order valence-corrected chi connectivity index (χ2v) is 16.4. The first kappa shape index (κ1) is 56.1. The van der Waals surface area contributed by atoms with E-state index in [1.165, 1.54) is 90.9 Å². The number of unbranched alkanes of at least 4 members (excludes halogenated alkanes) is 15. The van der Waals surface area contributed by atoms with Crippen LogP contribution in [0.1, 0.15) is 163 Å². The molecule has 0 aromatic heterocycles. The maximum Gasteiger partial charge on any atom is 0.326 e. The number of amides is 6. The Labute approximate surface area is 367 Å². The van der Waals surface area contributed by atoms with Crippen LogP contribution in [-0.4, -0.2) is 130 Å². The van der Waals surface area contributed by atoms with Gasteiger partial charge in [-0.1, -0.05) is 96.8 Å². The van der Waals surface area contributed by atoms with Crippen molar-refractivity contribution in [1.82, 2.24) is 26.6 Å². The summed E-state index contributed by atoms with van der Waals surface area (Å²) in [6, 6.07) is -5.14. The van der Waals surface area contributed by atoms with Crippen LogP contribution in [0.4, 0.5) is 0 Å². The molecule has 0 unspecified atom stereocenters. The van der Waals surface area contributed by atoms with Gasteiger partial charge < -0.3 is 62.2 Å². The zero-order chi connectivity index (χ0) is 46.5. The number of carboxylic acid groups (broad SMARTS) is 1. The van der Waals surface area contributed by atoms with Crippen LogP contribution < -0.4 is 32.3 Å². The molecule has 1 saturated heterocycles. The molecular weight excluding hydrogens is 809 g/mol. The first-order valence-electron chi connectivity index (χ1n) is 22.8. The zero-order valence-corrected chi connectivity index (χ0v) is 37.5. The monoisotopic (exact) mass is 887 g/mol. The highest BCUT2D eigenvalue weighted by Gasteiger charge is 2.47. The van der Waals surface area contributed by atoms with Crippen molar-refractivity contribution in [3.8, 4) is 0 Å². The highest BCUT2D eigenvalue weighted by atomic mass is 16.6. The molecule has 19 heteroatoms. The van der Waals surface area contributed by atoms with E-state index in [4.69, 9.17) is 15.2 Å². The van der Waals surface area contributed by atoms with Gasteiger partial charge in [0.2, 0.25) is 35.4 Å². The van der Waals surface area contributed by atoms with Crippen molar-refractivity contribution in [3.05, 3.63) is 0 Å². The van der Waals surface area contributed by atoms with Gasteiger partial charge in [0, 0.05) is 26.3 Å². The zero-order valence-electron chi connectivity index (χ0n) is 37.5. The highest BCUT2D eigenvalue weighted by Crippen LogP contribution is 2.24. The van der Waals surface area contributed by atoms with Gasteiger partial charge in [-0.3, -0.25) is 28.8 Å².